The van der Waals surface area contributed by atoms with Gasteiger partial charge in [0.05, 0.1) is 0 Å². The number of hydrogen-bond donors (Lipinski definition) is 3. The third kappa shape index (κ3) is 7.93. The van der Waals surface area contributed by atoms with Gasteiger partial charge in [-0.05, 0) is 54.3 Å². The van der Waals surface area contributed by atoms with Gasteiger partial charge in [0.25, 0.3) is 5.91 Å². The van der Waals surface area contributed by atoms with Gasteiger partial charge in [-0.25, -0.2) is 4.98 Å². The van der Waals surface area contributed by atoms with E-state index in [9.17, 15) is 4.79 Å². The molecule has 0 radical (unpaired) electrons. The summed E-state index contributed by atoms with van der Waals surface area (Å²) < 4.78 is 1.81. The van der Waals surface area contributed by atoms with E-state index >= 15 is 0 Å². The summed E-state index contributed by atoms with van der Waals surface area (Å²) in [6, 6.07) is 16.2. The van der Waals surface area contributed by atoms with Crippen molar-refractivity contribution in [2.45, 2.75) is 32.9 Å². The first-order valence-electron chi connectivity index (χ1n) is 12.0. The normalized spacial score (nSPS) is 11.8. The summed E-state index contributed by atoms with van der Waals surface area (Å²) in [5.41, 5.74) is 1.58. The van der Waals surface area contributed by atoms with Gasteiger partial charge >= 0.3 is 0 Å². The third-order valence-electron chi connectivity index (χ3n) is 5.55. The molecule has 37 heavy (non-hydrogen) atoms. The van der Waals surface area contributed by atoms with Gasteiger partial charge < -0.3 is 16.0 Å². The van der Waals surface area contributed by atoms with Crippen LogP contribution in [0.2, 0.25) is 10.0 Å². The second-order valence-corrected chi connectivity index (χ2v) is 9.95. The van der Waals surface area contributed by atoms with Crippen LogP contribution in [0.1, 0.15) is 36.2 Å². The number of carbonyl (C=O) groups is 1. The van der Waals surface area contributed by atoms with E-state index in [0.717, 1.165) is 12.0 Å². The van der Waals surface area contributed by atoms with E-state index in [0.29, 0.717) is 52.2 Å². The fourth-order valence-electron chi connectivity index (χ4n) is 3.82. The second-order valence-electron chi connectivity index (χ2n) is 9.08. The van der Waals surface area contributed by atoms with E-state index in [-0.39, 0.29) is 11.9 Å². The average Bonchev–Trinajstić information content (AvgIpc) is 3.41. The summed E-state index contributed by atoms with van der Waals surface area (Å²) in [6.07, 6.45) is 5.99. The molecule has 10 heteroatoms. The number of aromatic nitrogens is 4. The lowest BCUT2D eigenvalue weighted by molar-refractivity contribution is 0.0934. The zero-order chi connectivity index (χ0) is 26.2. The summed E-state index contributed by atoms with van der Waals surface area (Å²) in [7, 11) is 0. The summed E-state index contributed by atoms with van der Waals surface area (Å²) in [6.45, 7) is 5.26. The zero-order valence-electron chi connectivity index (χ0n) is 20.7. The molecule has 2 heterocycles. The lowest BCUT2D eigenvalue weighted by Crippen LogP contribution is -2.40. The van der Waals surface area contributed by atoms with Crippen molar-refractivity contribution < 1.29 is 4.79 Å². The van der Waals surface area contributed by atoms with Gasteiger partial charge in [0.2, 0.25) is 5.95 Å². The van der Waals surface area contributed by atoms with Gasteiger partial charge in [-0.3, -0.25) is 9.36 Å². The van der Waals surface area contributed by atoms with Gasteiger partial charge in [-0.1, -0.05) is 49.2 Å². The molecule has 3 N–H and O–H groups in total. The summed E-state index contributed by atoms with van der Waals surface area (Å²) in [5, 5.41) is 11.1. The van der Waals surface area contributed by atoms with E-state index < -0.39 is 0 Å². The molecule has 1 atom stereocenters. The van der Waals surface area contributed by atoms with E-state index in [1.54, 1.807) is 36.8 Å². The summed E-state index contributed by atoms with van der Waals surface area (Å²) in [5.74, 6) is 1.99. The molecule has 8 nitrogen and oxygen atoms in total. The number of carbonyl (C=O) groups excluding carboxylic acids is 1. The minimum absolute atomic E-state index is 0.113. The Labute approximate surface area is 226 Å². The smallest absolute Gasteiger partial charge is 0.251 e. The molecule has 0 saturated heterocycles. The molecule has 0 aliphatic carbocycles. The van der Waals surface area contributed by atoms with Crippen molar-refractivity contribution in [2.75, 3.05) is 17.2 Å². The lowest BCUT2D eigenvalue weighted by Gasteiger charge is -2.22. The molecule has 0 aliphatic rings. The SMILES string of the molecule is CC(C)CC(CNc1cc(-n2ccnc2)nc(NCc2cccc(Cl)c2)n1)NC(=O)c1ccc(Cl)cc1. The Kier molecular flexibility index (Phi) is 8.98. The predicted molar refractivity (Wildman–Crippen MR) is 149 cm³/mol. The van der Waals surface area contributed by atoms with Crippen molar-refractivity contribution in [3.8, 4) is 5.82 Å². The van der Waals surface area contributed by atoms with Crippen molar-refractivity contribution in [1.82, 2.24) is 24.8 Å². The number of halogens is 2. The highest BCUT2D eigenvalue weighted by atomic mass is 35.5. The third-order valence-corrected chi connectivity index (χ3v) is 6.04. The largest absolute Gasteiger partial charge is 0.368 e. The van der Waals surface area contributed by atoms with Crippen LogP contribution in [0, 0.1) is 5.92 Å². The monoisotopic (exact) mass is 537 g/mol. The Morgan fingerprint density at radius 3 is 2.51 bits per heavy atom. The topological polar surface area (TPSA) is 96.8 Å². The van der Waals surface area contributed by atoms with Crippen molar-refractivity contribution in [2.24, 2.45) is 5.92 Å². The van der Waals surface area contributed by atoms with Crippen molar-refractivity contribution in [3.63, 3.8) is 0 Å². The molecule has 0 fully saturated rings. The Morgan fingerprint density at radius 2 is 1.81 bits per heavy atom. The first-order chi connectivity index (χ1) is 17.9. The molecule has 0 spiro atoms. The molecule has 4 aromatic rings. The Balaban J connectivity index is 1.49. The summed E-state index contributed by atoms with van der Waals surface area (Å²) in [4.78, 5) is 26.2. The molecule has 1 amide bonds. The first kappa shape index (κ1) is 26.4. The van der Waals surface area contributed by atoms with Gasteiger partial charge in [0.15, 0.2) is 0 Å². The highest BCUT2D eigenvalue weighted by Crippen LogP contribution is 2.17. The first-order valence-corrected chi connectivity index (χ1v) is 12.8. The quantitative estimate of drug-likeness (QED) is 0.222. The second kappa shape index (κ2) is 12.6. The Bertz CT molecular complexity index is 1310. The molecular weight excluding hydrogens is 509 g/mol. The molecular formula is C27H29Cl2N7O. The van der Waals surface area contributed by atoms with Crippen LogP contribution in [0.3, 0.4) is 0 Å². The molecule has 4 rings (SSSR count). The number of benzene rings is 2. The van der Waals surface area contributed by atoms with Gasteiger partial charge in [0, 0.05) is 53.2 Å². The molecule has 192 valence electrons. The van der Waals surface area contributed by atoms with E-state index in [1.165, 1.54) is 0 Å². The number of nitrogens with one attached hydrogen (secondary N) is 3. The predicted octanol–water partition coefficient (Wildman–Crippen LogP) is 5.84. The average molecular weight is 538 g/mol. The van der Waals surface area contributed by atoms with E-state index in [2.05, 4.69) is 44.7 Å². The van der Waals surface area contributed by atoms with Crippen LogP contribution < -0.4 is 16.0 Å². The van der Waals surface area contributed by atoms with Crippen LogP contribution in [0.15, 0.2) is 73.3 Å². The molecule has 2 aromatic carbocycles. The van der Waals surface area contributed by atoms with E-state index in [4.69, 9.17) is 23.2 Å². The lowest BCUT2D eigenvalue weighted by atomic mass is 10.0. The number of rotatable bonds is 11. The van der Waals surface area contributed by atoms with Crippen LogP contribution in [0.25, 0.3) is 5.82 Å². The van der Waals surface area contributed by atoms with Crippen LogP contribution in [0.5, 0.6) is 0 Å². The maximum atomic E-state index is 12.8. The standard InChI is InChI=1S/C27H29Cl2N7O/c1-18(2)12-23(33-26(37)20-6-8-21(28)9-7-20)16-31-24-14-25(36-11-10-30-17-36)35-27(34-24)32-15-19-4-3-5-22(29)13-19/h3-11,13-14,17-18,23H,12,15-16H2,1-2H3,(H,33,37)(H2,31,32,34,35). The molecule has 2 aromatic heterocycles. The van der Waals surface area contributed by atoms with Crippen LogP contribution >= 0.6 is 23.2 Å². The van der Waals surface area contributed by atoms with Gasteiger partial charge in [-0.2, -0.15) is 9.97 Å². The number of hydrogen-bond acceptors (Lipinski definition) is 6. The van der Waals surface area contributed by atoms with Gasteiger partial charge in [-0.15, -0.1) is 0 Å². The van der Waals surface area contributed by atoms with Crippen LogP contribution in [-0.4, -0.2) is 38.0 Å². The van der Waals surface area contributed by atoms with Crippen molar-refractivity contribution in [3.05, 3.63) is 94.5 Å². The molecule has 0 bridgehead atoms. The molecule has 1 unspecified atom stereocenters. The van der Waals surface area contributed by atoms with E-state index in [1.807, 2.05) is 41.1 Å². The summed E-state index contributed by atoms with van der Waals surface area (Å²) >= 11 is 12.1. The number of amides is 1. The molecule has 0 saturated carbocycles. The maximum absolute atomic E-state index is 12.8. The number of anilines is 2. The Hall–Kier alpha value is -3.62. The number of imidazole rings is 1. The van der Waals surface area contributed by atoms with Crippen LogP contribution in [0.4, 0.5) is 11.8 Å². The minimum atomic E-state index is -0.144. The van der Waals surface area contributed by atoms with Crippen molar-refractivity contribution in [1.29, 1.82) is 0 Å². The number of nitrogens with zero attached hydrogens (tertiary/aromatic N) is 4. The van der Waals surface area contributed by atoms with Gasteiger partial charge in [0.1, 0.15) is 18.0 Å². The highest BCUT2D eigenvalue weighted by Gasteiger charge is 2.16. The minimum Gasteiger partial charge on any atom is -0.368 e. The zero-order valence-corrected chi connectivity index (χ0v) is 22.2. The Morgan fingerprint density at radius 1 is 1.00 bits per heavy atom. The maximum Gasteiger partial charge on any atom is 0.251 e. The highest BCUT2D eigenvalue weighted by molar-refractivity contribution is 6.30. The van der Waals surface area contributed by atoms with Crippen molar-refractivity contribution >= 4 is 40.9 Å². The van der Waals surface area contributed by atoms with Crippen LogP contribution in [-0.2, 0) is 6.54 Å². The fraction of sp³-hybridized carbons (Fsp3) is 0.259. The fourth-order valence-corrected chi connectivity index (χ4v) is 4.16. The molecule has 0 aliphatic heterocycles.